The third kappa shape index (κ3) is 6.91. The Kier molecular flexibility index (Phi) is 8.76. The molecule has 5 N–H and O–H groups in total. The standard InChI is InChI=1S/C9H12N2O3S.C8H11NO2S/c1-3-14-8(12)6-4-5(2)15-7(6)11-9(10)13;1-3-11-8(10)6-4-5(2)12-7(6)9/h4H,3H2,1-2H3,(H3,10,11,13);4H,3,9H2,1-2H3. The van der Waals surface area contributed by atoms with Crippen molar-refractivity contribution in [2.75, 3.05) is 24.3 Å². The summed E-state index contributed by atoms with van der Waals surface area (Å²) in [6.07, 6.45) is 0. The first kappa shape index (κ1) is 22.5. The number of esters is 2. The van der Waals surface area contributed by atoms with Gasteiger partial charge in [0.05, 0.1) is 24.3 Å². The van der Waals surface area contributed by atoms with Crippen molar-refractivity contribution < 1.29 is 23.9 Å². The van der Waals surface area contributed by atoms with E-state index in [9.17, 15) is 14.4 Å². The van der Waals surface area contributed by atoms with Gasteiger partial charge in [-0.15, -0.1) is 22.7 Å². The summed E-state index contributed by atoms with van der Waals surface area (Å²) in [6.45, 7) is 7.91. The molecule has 0 fully saturated rings. The third-order valence-electron chi connectivity index (χ3n) is 2.97. The maximum atomic E-state index is 11.5. The van der Waals surface area contributed by atoms with E-state index in [4.69, 9.17) is 20.9 Å². The molecule has 0 unspecified atom stereocenters. The van der Waals surface area contributed by atoms with Gasteiger partial charge in [-0.3, -0.25) is 5.32 Å². The predicted octanol–water partition coefficient (Wildman–Crippen LogP) is 3.54. The highest BCUT2D eigenvalue weighted by Gasteiger charge is 2.16. The lowest BCUT2D eigenvalue weighted by Crippen LogP contribution is -2.20. The molecular formula is C17H23N3O5S2. The molecule has 148 valence electrons. The normalized spacial score (nSPS) is 9.78. The summed E-state index contributed by atoms with van der Waals surface area (Å²) in [6, 6.07) is 2.72. The first-order valence-corrected chi connectivity index (χ1v) is 9.69. The lowest BCUT2D eigenvalue weighted by Gasteiger charge is -2.02. The molecule has 2 rings (SSSR count). The highest BCUT2D eigenvalue weighted by molar-refractivity contribution is 7.16. The smallest absolute Gasteiger partial charge is 0.341 e. The maximum Gasteiger partial charge on any atom is 0.341 e. The summed E-state index contributed by atoms with van der Waals surface area (Å²) >= 11 is 2.68. The number of nitrogen functional groups attached to an aromatic ring is 1. The first-order valence-electron chi connectivity index (χ1n) is 8.06. The Hall–Kier alpha value is -2.59. The minimum absolute atomic E-state index is 0.295. The van der Waals surface area contributed by atoms with Gasteiger partial charge >= 0.3 is 18.0 Å². The second-order valence-corrected chi connectivity index (χ2v) is 7.71. The zero-order valence-electron chi connectivity index (χ0n) is 15.6. The molecule has 0 aromatic carbocycles. The molecule has 0 saturated heterocycles. The number of amides is 2. The molecule has 2 amide bonds. The van der Waals surface area contributed by atoms with Crippen LogP contribution in [0.4, 0.5) is 14.8 Å². The highest BCUT2D eigenvalue weighted by Crippen LogP contribution is 2.28. The van der Waals surface area contributed by atoms with Gasteiger partial charge in [0.15, 0.2) is 0 Å². The van der Waals surface area contributed by atoms with Crippen LogP contribution in [0.3, 0.4) is 0 Å². The van der Waals surface area contributed by atoms with Gasteiger partial charge in [-0.1, -0.05) is 0 Å². The molecule has 8 nitrogen and oxygen atoms in total. The van der Waals surface area contributed by atoms with E-state index >= 15 is 0 Å². The number of nitrogens with one attached hydrogen (secondary N) is 1. The minimum atomic E-state index is -0.692. The van der Waals surface area contributed by atoms with Gasteiger partial charge < -0.3 is 20.9 Å². The van der Waals surface area contributed by atoms with Crippen molar-refractivity contribution in [1.29, 1.82) is 0 Å². The predicted molar refractivity (Wildman–Crippen MR) is 108 cm³/mol. The Balaban J connectivity index is 0.000000277. The Bertz CT molecular complexity index is 814. The van der Waals surface area contributed by atoms with E-state index in [1.807, 2.05) is 13.8 Å². The lowest BCUT2D eigenvalue weighted by atomic mass is 10.3. The average molecular weight is 414 g/mol. The van der Waals surface area contributed by atoms with E-state index in [0.29, 0.717) is 34.3 Å². The second kappa shape index (κ2) is 10.5. The largest absolute Gasteiger partial charge is 0.462 e. The van der Waals surface area contributed by atoms with Crippen molar-refractivity contribution in [2.45, 2.75) is 27.7 Å². The Morgan fingerprint density at radius 3 is 1.89 bits per heavy atom. The monoisotopic (exact) mass is 413 g/mol. The van der Waals surface area contributed by atoms with Crippen LogP contribution < -0.4 is 16.8 Å². The molecule has 2 aromatic heterocycles. The Morgan fingerprint density at radius 2 is 1.44 bits per heavy atom. The number of thiophene rings is 2. The molecule has 2 heterocycles. The van der Waals surface area contributed by atoms with E-state index < -0.39 is 12.0 Å². The van der Waals surface area contributed by atoms with Gasteiger partial charge in [-0.05, 0) is 39.8 Å². The number of aryl methyl sites for hydroxylation is 2. The quantitative estimate of drug-likeness (QED) is 0.642. The van der Waals surface area contributed by atoms with Crippen LogP contribution in [0.5, 0.6) is 0 Å². The molecule has 10 heteroatoms. The van der Waals surface area contributed by atoms with Crippen LogP contribution in [0.2, 0.25) is 0 Å². The minimum Gasteiger partial charge on any atom is -0.462 e. The SMILES string of the molecule is CCOC(=O)c1cc(C)sc1N.CCOC(=O)c1cc(C)sc1NC(N)=O. The van der Waals surface area contributed by atoms with Gasteiger partial charge in [0.2, 0.25) is 0 Å². The fourth-order valence-electron chi connectivity index (χ4n) is 1.98. The molecular weight excluding hydrogens is 390 g/mol. The van der Waals surface area contributed by atoms with Gasteiger partial charge in [-0.2, -0.15) is 0 Å². The van der Waals surface area contributed by atoms with Crippen LogP contribution in [-0.4, -0.2) is 31.2 Å². The molecule has 0 atom stereocenters. The van der Waals surface area contributed by atoms with Crippen LogP contribution >= 0.6 is 22.7 Å². The van der Waals surface area contributed by atoms with Crippen molar-refractivity contribution in [1.82, 2.24) is 0 Å². The highest BCUT2D eigenvalue weighted by atomic mass is 32.1. The summed E-state index contributed by atoms with van der Waals surface area (Å²) in [5.41, 5.74) is 11.4. The average Bonchev–Trinajstić information content (AvgIpc) is 3.09. The maximum absolute atomic E-state index is 11.5. The molecule has 0 aliphatic carbocycles. The number of rotatable bonds is 5. The number of ether oxygens (including phenoxy) is 2. The molecule has 0 bridgehead atoms. The number of carbonyl (C=O) groups excluding carboxylic acids is 3. The van der Waals surface area contributed by atoms with Gasteiger partial charge in [0, 0.05) is 9.75 Å². The molecule has 0 aliphatic heterocycles. The summed E-state index contributed by atoms with van der Waals surface area (Å²) in [5.74, 6) is -0.787. The fraction of sp³-hybridized carbons (Fsp3) is 0.353. The van der Waals surface area contributed by atoms with E-state index in [1.165, 1.54) is 22.7 Å². The second-order valence-electron chi connectivity index (χ2n) is 5.17. The molecule has 0 radical (unpaired) electrons. The number of primary amides is 1. The van der Waals surface area contributed by atoms with Crippen molar-refractivity contribution in [3.8, 4) is 0 Å². The van der Waals surface area contributed by atoms with E-state index in [-0.39, 0.29) is 5.97 Å². The van der Waals surface area contributed by atoms with Crippen molar-refractivity contribution in [3.63, 3.8) is 0 Å². The summed E-state index contributed by atoms with van der Waals surface area (Å²) < 4.78 is 9.65. The van der Waals surface area contributed by atoms with Crippen LogP contribution in [0, 0.1) is 13.8 Å². The van der Waals surface area contributed by atoms with Crippen molar-refractivity contribution in [3.05, 3.63) is 33.0 Å². The van der Waals surface area contributed by atoms with E-state index in [2.05, 4.69) is 5.32 Å². The molecule has 0 aliphatic rings. The van der Waals surface area contributed by atoms with E-state index in [1.54, 1.807) is 26.0 Å². The molecule has 27 heavy (non-hydrogen) atoms. The van der Waals surface area contributed by atoms with Crippen LogP contribution in [0.15, 0.2) is 12.1 Å². The van der Waals surface area contributed by atoms with Gasteiger partial charge in [-0.25, -0.2) is 14.4 Å². The van der Waals surface area contributed by atoms with Gasteiger partial charge in [0.1, 0.15) is 10.0 Å². The summed E-state index contributed by atoms with van der Waals surface area (Å²) in [4.78, 5) is 35.2. The third-order valence-corrected chi connectivity index (χ3v) is 4.81. The molecule has 0 spiro atoms. The zero-order chi connectivity index (χ0) is 20.6. The number of carbonyl (C=O) groups is 3. The van der Waals surface area contributed by atoms with Crippen LogP contribution in [0.1, 0.15) is 44.3 Å². The molecule has 0 saturated carbocycles. The first-order chi connectivity index (χ1) is 12.7. The number of hydrogen-bond donors (Lipinski definition) is 3. The Morgan fingerprint density at radius 1 is 0.963 bits per heavy atom. The lowest BCUT2D eigenvalue weighted by molar-refractivity contribution is 0.0518. The van der Waals surface area contributed by atoms with Crippen molar-refractivity contribution in [2.24, 2.45) is 5.73 Å². The molecule has 2 aromatic rings. The topological polar surface area (TPSA) is 134 Å². The summed E-state index contributed by atoms with van der Waals surface area (Å²) in [7, 11) is 0. The zero-order valence-corrected chi connectivity index (χ0v) is 17.2. The van der Waals surface area contributed by atoms with Crippen molar-refractivity contribution >= 4 is 50.6 Å². The number of anilines is 2. The number of nitrogens with two attached hydrogens (primary N) is 2. The van der Waals surface area contributed by atoms with Gasteiger partial charge in [0.25, 0.3) is 0 Å². The fourth-order valence-corrected chi connectivity index (χ4v) is 3.66. The number of urea groups is 1. The van der Waals surface area contributed by atoms with Crippen LogP contribution in [-0.2, 0) is 9.47 Å². The summed E-state index contributed by atoms with van der Waals surface area (Å²) in [5, 5.41) is 3.35. The van der Waals surface area contributed by atoms with E-state index in [0.717, 1.165) is 9.75 Å². The Labute approximate surface area is 165 Å². The van der Waals surface area contributed by atoms with Crippen LogP contribution in [0.25, 0.3) is 0 Å². The number of hydrogen-bond acceptors (Lipinski definition) is 8.